The second kappa shape index (κ2) is 9.84. The summed E-state index contributed by atoms with van der Waals surface area (Å²) in [6, 6.07) is 15.0. The van der Waals surface area contributed by atoms with Crippen molar-refractivity contribution < 1.29 is 19.0 Å². The van der Waals surface area contributed by atoms with Gasteiger partial charge in [0.1, 0.15) is 23.9 Å². The lowest BCUT2D eigenvalue weighted by atomic mass is 10.3. The van der Waals surface area contributed by atoms with Gasteiger partial charge < -0.3 is 19.5 Å². The van der Waals surface area contributed by atoms with Gasteiger partial charge in [-0.3, -0.25) is 4.79 Å². The molecule has 0 bridgehead atoms. The number of methoxy groups -OCH3 is 2. The van der Waals surface area contributed by atoms with E-state index in [-0.39, 0.29) is 11.2 Å². The van der Waals surface area contributed by atoms with Crippen LogP contribution in [0.5, 0.6) is 17.2 Å². The second-order valence-electron chi connectivity index (χ2n) is 5.25. The molecule has 0 aliphatic rings. The Morgan fingerprint density at radius 1 is 0.960 bits per heavy atom. The summed E-state index contributed by atoms with van der Waals surface area (Å²) in [4.78, 5) is 13.2. The van der Waals surface area contributed by atoms with Crippen LogP contribution in [0.3, 0.4) is 0 Å². The van der Waals surface area contributed by atoms with Crippen LogP contribution in [-0.4, -0.2) is 38.5 Å². The molecule has 134 valence electrons. The lowest BCUT2D eigenvalue weighted by Gasteiger charge is -2.13. The van der Waals surface area contributed by atoms with E-state index in [0.717, 1.165) is 22.1 Å². The van der Waals surface area contributed by atoms with Gasteiger partial charge in [0.2, 0.25) is 5.91 Å². The molecule has 0 aromatic heterocycles. The Morgan fingerprint density at radius 3 is 2.04 bits per heavy atom. The van der Waals surface area contributed by atoms with Gasteiger partial charge >= 0.3 is 0 Å². The summed E-state index contributed by atoms with van der Waals surface area (Å²) >= 11 is 1.51. The lowest BCUT2D eigenvalue weighted by molar-refractivity contribution is -0.120. The number of rotatable bonds is 9. The number of benzene rings is 2. The van der Waals surface area contributed by atoms with Crippen LogP contribution in [0.25, 0.3) is 0 Å². The van der Waals surface area contributed by atoms with Gasteiger partial charge in [-0.15, -0.1) is 11.8 Å². The molecule has 5 nitrogen and oxygen atoms in total. The molecule has 0 saturated carbocycles. The largest absolute Gasteiger partial charge is 0.497 e. The molecule has 6 heteroatoms. The van der Waals surface area contributed by atoms with Crippen molar-refractivity contribution >= 4 is 17.7 Å². The molecule has 0 aliphatic heterocycles. The van der Waals surface area contributed by atoms with Crippen molar-refractivity contribution in [2.24, 2.45) is 0 Å². The van der Waals surface area contributed by atoms with Crippen LogP contribution in [-0.2, 0) is 4.79 Å². The van der Waals surface area contributed by atoms with Crippen molar-refractivity contribution in [1.29, 1.82) is 0 Å². The van der Waals surface area contributed by atoms with Gasteiger partial charge in [-0.1, -0.05) is 0 Å². The Kier molecular flexibility index (Phi) is 7.47. The summed E-state index contributed by atoms with van der Waals surface area (Å²) in [6.45, 7) is 2.75. The van der Waals surface area contributed by atoms with E-state index in [1.165, 1.54) is 11.8 Å². The van der Waals surface area contributed by atoms with Gasteiger partial charge in [0.15, 0.2) is 0 Å². The molecule has 1 N–H and O–H groups in total. The van der Waals surface area contributed by atoms with Crippen molar-refractivity contribution in [1.82, 2.24) is 5.32 Å². The zero-order chi connectivity index (χ0) is 18.1. The highest BCUT2D eigenvalue weighted by atomic mass is 32.2. The number of hydrogen-bond acceptors (Lipinski definition) is 5. The smallest absolute Gasteiger partial charge is 0.233 e. The zero-order valence-corrected chi connectivity index (χ0v) is 15.5. The second-order valence-corrected chi connectivity index (χ2v) is 6.66. The van der Waals surface area contributed by atoms with Gasteiger partial charge in [0.25, 0.3) is 0 Å². The number of nitrogens with one attached hydrogen (secondary N) is 1. The number of ether oxygens (including phenoxy) is 3. The molecule has 2 aromatic carbocycles. The van der Waals surface area contributed by atoms with Crippen LogP contribution in [0.15, 0.2) is 53.4 Å². The fourth-order valence-corrected chi connectivity index (χ4v) is 2.96. The van der Waals surface area contributed by atoms with Crippen molar-refractivity contribution in [3.63, 3.8) is 0 Å². The molecule has 2 aromatic rings. The minimum atomic E-state index is -0.186. The monoisotopic (exact) mass is 361 g/mol. The van der Waals surface area contributed by atoms with E-state index in [0.29, 0.717) is 13.2 Å². The van der Waals surface area contributed by atoms with Gasteiger partial charge in [-0.05, 0) is 55.5 Å². The maximum absolute atomic E-state index is 12.1. The van der Waals surface area contributed by atoms with E-state index in [1.807, 2.05) is 55.5 Å². The highest BCUT2D eigenvalue weighted by Crippen LogP contribution is 2.25. The fourth-order valence-electron chi connectivity index (χ4n) is 2.07. The van der Waals surface area contributed by atoms with Gasteiger partial charge in [0.05, 0.1) is 26.0 Å². The molecular formula is C19H23NO4S. The van der Waals surface area contributed by atoms with Crippen LogP contribution < -0.4 is 19.5 Å². The van der Waals surface area contributed by atoms with Crippen molar-refractivity contribution in [2.75, 3.05) is 27.4 Å². The predicted octanol–water partition coefficient (Wildman–Crippen LogP) is 3.38. The third-order valence-corrected chi connectivity index (χ3v) is 4.58. The quantitative estimate of drug-likeness (QED) is 0.548. The molecule has 2 rings (SSSR count). The first-order valence-corrected chi connectivity index (χ1v) is 8.85. The van der Waals surface area contributed by atoms with E-state index >= 15 is 0 Å². The molecule has 0 spiro atoms. The molecule has 1 atom stereocenters. The number of carbonyl (C=O) groups excluding carboxylic acids is 1. The number of amides is 1. The summed E-state index contributed by atoms with van der Waals surface area (Å²) in [7, 11) is 3.25. The topological polar surface area (TPSA) is 56.8 Å². The third-order valence-electron chi connectivity index (χ3n) is 3.47. The standard InChI is InChI=1S/C19H23NO4S/c1-14(25-18-10-8-16(23-3)9-11-18)19(21)20-12-13-24-17-6-4-15(22-2)5-7-17/h4-11,14H,12-13H2,1-3H3,(H,20,21)/t14-/m0/s1. The molecule has 0 saturated heterocycles. The Balaban J connectivity index is 1.69. The van der Waals surface area contributed by atoms with Gasteiger partial charge in [-0.25, -0.2) is 0 Å². The van der Waals surface area contributed by atoms with Crippen LogP contribution in [0.1, 0.15) is 6.92 Å². The number of thioether (sulfide) groups is 1. The molecule has 0 heterocycles. The van der Waals surface area contributed by atoms with Crippen LogP contribution in [0, 0.1) is 0 Å². The van der Waals surface area contributed by atoms with Crippen molar-refractivity contribution in [3.8, 4) is 17.2 Å². The van der Waals surface area contributed by atoms with E-state index in [2.05, 4.69) is 5.32 Å². The van der Waals surface area contributed by atoms with Crippen molar-refractivity contribution in [3.05, 3.63) is 48.5 Å². The first kappa shape index (κ1) is 19.0. The summed E-state index contributed by atoms with van der Waals surface area (Å²) in [5.74, 6) is 2.32. The van der Waals surface area contributed by atoms with E-state index in [4.69, 9.17) is 14.2 Å². The lowest BCUT2D eigenvalue weighted by Crippen LogP contribution is -2.33. The first-order valence-electron chi connectivity index (χ1n) is 7.97. The highest BCUT2D eigenvalue weighted by molar-refractivity contribution is 8.00. The third kappa shape index (κ3) is 6.23. The van der Waals surface area contributed by atoms with Gasteiger partial charge in [0, 0.05) is 4.90 Å². The molecular weight excluding hydrogens is 338 g/mol. The molecule has 0 aliphatic carbocycles. The fraction of sp³-hybridized carbons (Fsp3) is 0.316. The summed E-state index contributed by atoms with van der Waals surface area (Å²) in [5, 5.41) is 2.70. The molecule has 0 radical (unpaired) electrons. The van der Waals surface area contributed by atoms with Crippen LogP contribution in [0.2, 0.25) is 0 Å². The Morgan fingerprint density at radius 2 is 1.48 bits per heavy atom. The predicted molar refractivity (Wildman–Crippen MR) is 99.8 cm³/mol. The summed E-state index contributed by atoms with van der Waals surface area (Å²) in [6.07, 6.45) is 0. The Labute approximate surface area is 152 Å². The number of carbonyl (C=O) groups is 1. The molecule has 0 unspecified atom stereocenters. The minimum Gasteiger partial charge on any atom is -0.497 e. The normalized spacial score (nSPS) is 11.5. The maximum Gasteiger partial charge on any atom is 0.233 e. The van der Waals surface area contributed by atoms with Crippen LogP contribution in [0.4, 0.5) is 0 Å². The Bertz CT molecular complexity index is 658. The van der Waals surface area contributed by atoms with E-state index in [1.54, 1.807) is 14.2 Å². The zero-order valence-electron chi connectivity index (χ0n) is 14.7. The highest BCUT2D eigenvalue weighted by Gasteiger charge is 2.13. The summed E-state index contributed by atoms with van der Waals surface area (Å²) < 4.78 is 15.8. The van der Waals surface area contributed by atoms with Crippen LogP contribution >= 0.6 is 11.8 Å². The van der Waals surface area contributed by atoms with E-state index < -0.39 is 0 Å². The van der Waals surface area contributed by atoms with E-state index in [9.17, 15) is 4.79 Å². The first-order chi connectivity index (χ1) is 12.1. The molecule has 0 fully saturated rings. The average Bonchev–Trinajstić information content (AvgIpc) is 2.66. The van der Waals surface area contributed by atoms with Gasteiger partial charge in [-0.2, -0.15) is 0 Å². The minimum absolute atomic E-state index is 0.0147. The average molecular weight is 361 g/mol. The summed E-state index contributed by atoms with van der Waals surface area (Å²) in [5.41, 5.74) is 0. The molecule has 1 amide bonds. The SMILES string of the molecule is COc1ccc(OCCNC(=O)[C@H](C)Sc2ccc(OC)cc2)cc1. The van der Waals surface area contributed by atoms with Crippen molar-refractivity contribution in [2.45, 2.75) is 17.1 Å². The maximum atomic E-state index is 12.1. The molecule has 25 heavy (non-hydrogen) atoms. The number of hydrogen-bond donors (Lipinski definition) is 1. The Hall–Kier alpha value is -2.34.